The third kappa shape index (κ3) is 2.65. The van der Waals surface area contributed by atoms with E-state index in [0.717, 1.165) is 0 Å². The number of halogens is 1. The van der Waals surface area contributed by atoms with E-state index in [2.05, 4.69) is 21.5 Å². The fourth-order valence-corrected chi connectivity index (χ4v) is 1.98. The van der Waals surface area contributed by atoms with E-state index in [1.54, 1.807) is 0 Å². The maximum atomic E-state index is 13.8. The normalized spacial score (nSPS) is 28.4. The molecule has 0 saturated heterocycles. The molecule has 1 unspecified atom stereocenters. The molecule has 0 saturated carbocycles. The number of hydrogen-bond acceptors (Lipinski definition) is 5. The Hall–Kier alpha value is -0.626. The molecule has 0 aromatic carbocycles. The van der Waals surface area contributed by atoms with Gasteiger partial charge in [0, 0.05) is 32.7 Å². The van der Waals surface area contributed by atoms with Crippen LogP contribution in [-0.2, 0) is 37.4 Å². The van der Waals surface area contributed by atoms with Crippen LogP contribution in [0, 0.1) is 0 Å². The zero-order valence-electron chi connectivity index (χ0n) is 10.2. The quantitative estimate of drug-likeness (QED) is 0.778. The molecular weight excluding hydrogens is 328 g/mol. The smallest absolute Gasteiger partial charge is 0.174 e. The van der Waals surface area contributed by atoms with Crippen molar-refractivity contribution in [3.63, 3.8) is 0 Å². The number of anilines is 1. The Morgan fingerprint density at radius 2 is 2.42 bits per heavy atom. The number of aliphatic imine (C=N–C) groups is 1. The number of hydrogen-bond donors (Lipinski definition) is 2. The fraction of sp³-hybridized carbons (Fsp3) is 0.455. The summed E-state index contributed by atoms with van der Waals surface area (Å²) in [6.45, 7) is 1.60. The molecule has 2 aliphatic heterocycles. The molecule has 6 nitrogen and oxygen atoms in total. The molecule has 99 valence electrons. The summed E-state index contributed by atoms with van der Waals surface area (Å²) in [5.74, 6) is 0.177. The zero-order chi connectivity index (χ0) is 12.7. The predicted octanol–water partition coefficient (Wildman–Crippen LogP) is 0.691. The number of imidazole rings is 1. The topological polar surface area (TPSA) is 71.7 Å². The van der Waals surface area contributed by atoms with Crippen LogP contribution in [0.15, 0.2) is 23.2 Å². The number of ether oxygens (including phenoxy) is 1. The third-order valence-corrected chi connectivity index (χ3v) is 2.82. The van der Waals surface area contributed by atoms with Crippen LogP contribution in [0.2, 0.25) is 0 Å². The van der Waals surface area contributed by atoms with Gasteiger partial charge >= 0.3 is 0 Å². The molecular formula is C11H12FN4O2Y-. The van der Waals surface area contributed by atoms with Gasteiger partial charge in [-0.3, -0.25) is 4.98 Å². The van der Waals surface area contributed by atoms with Gasteiger partial charge in [-0.2, -0.15) is 0 Å². The Balaban J connectivity index is 0.00000133. The van der Waals surface area contributed by atoms with Gasteiger partial charge in [-0.05, 0) is 24.5 Å². The van der Waals surface area contributed by atoms with Gasteiger partial charge in [0.2, 0.25) is 0 Å². The van der Waals surface area contributed by atoms with Gasteiger partial charge < -0.3 is 24.7 Å². The Kier molecular flexibility index (Phi) is 4.50. The maximum absolute atomic E-state index is 13.8. The third-order valence-electron chi connectivity index (χ3n) is 2.82. The van der Waals surface area contributed by atoms with Crippen LogP contribution in [-0.4, -0.2) is 39.7 Å². The van der Waals surface area contributed by atoms with Crippen LogP contribution in [0.5, 0.6) is 0 Å². The van der Waals surface area contributed by atoms with Crippen LogP contribution in [0.25, 0.3) is 0 Å². The van der Waals surface area contributed by atoms with Crippen molar-refractivity contribution >= 4 is 12.0 Å². The van der Waals surface area contributed by atoms with E-state index in [1.165, 1.54) is 17.0 Å². The molecule has 1 aromatic heterocycles. The minimum atomic E-state index is -0.891. The van der Waals surface area contributed by atoms with E-state index in [9.17, 15) is 4.39 Å². The van der Waals surface area contributed by atoms with E-state index in [-0.39, 0.29) is 45.5 Å². The van der Waals surface area contributed by atoms with E-state index < -0.39 is 18.2 Å². The molecule has 1 aromatic rings. The number of rotatable bonds is 2. The van der Waals surface area contributed by atoms with Gasteiger partial charge in [0.1, 0.15) is 11.9 Å². The summed E-state index contributed by atoms with van der Waals surface area (Å²) >= 11 is 0. The molecule has 0 amide bonds. The van der Waals surface area contributed by atoms with Crippen LogP contribution in [0.4, 0.5) is 10.2 Å². The van der Waals surface area contributed by atoms with Crippen molar-refractivity contribution in [3.05, 3.63) is 23.9 Å². The second-order valence-corrected chi connectivity index (χ2v) is 4.17. The monoisotopic (exact) mass is 340 g/mol. The Labute approximate surface area is 134 Å². The summed E-state index contributed by atoms with van der Waals surface area (Å²) in [5.41, 5.74) is 0.525. The molecule has 2 N–H and O–H groups in total. The molecule has 2 aliphatic rings. The molecule has 3 heterocycles. The number of nitrogens with zero attached hydrogens (tertiary/aromatic N) is 3. The van der Waals surface area contributed by atoms with E-state index in [0.29, 0.717) is 11.5 Å². The van der Waals surface area contributed by atoms with Crippen molar-refractivity contribution in [2.24, 2.45) is 4.99 Å². The Bertz CT molecular complexity index is 531. The molecule has 0 fully saturated rings. The Morgan fingerprint density at radius 1 is 1.63 bits per heavy atom. The molecule has 0 spiro atoms. The first-order chi connectivity index (χ1) is 8.69. The molecule has 3 rings (SSSR count). The van der Waals surface area contributed by atoms with Gasteiger partial charge in [-0.25, -0.2) is 4.39 Å². The molecule has 8 heteroatoms. The van der Waals surface area contributed by atoms with Gasteiger partial charge in [0.15, 0.2) is 6.23 Å². The minimum Gasteiger partial charge on any atom is -0.428 e. The zero-order valence-corrected chi connectivity index (χ0v) is 13.1. The van der Waals surface area contributed by atoms with Crippen molar-refractivity contribution < 1.29 is 46.9 Å². The first-order valence-corrected chi connectivity index (χ1v) is 5.62. The van der Waals surface area contributed by atoms with Crippen LogP contribution < -0.4 is 5.32 Å². The number of aliphatic hydroxyl groups is 1. The standard InChI is InChI=1S/C11H12FN4O2.Y/c1-6-13-3-9-10(15-6)16(5-14-9)11-8(12)2-7(4-17)18-11;/h2,5-7,11,15,17H,4H2,1H3;/q-1;/t6?,7-,11+;/m0./s1. The van der Waals surface area contributed by atoms with Crippen molar-refractivity contribution in [2.75, 3.05) is 11.9 Å². The van der Waals surface area contributed by atoms with Gasteiger partial charge in [0.25, 0.3) is 0 Å². The Morgan fingerprint density at radius 3 is 3.11 bits per heavy atom. The summed E-state index contributed by atoms with van der Waals surface area (Å²) in [6, 6.07) is 0. The van der Waals surface area contributed by atoms with Crippen molar-refractivity contribution in [1.82, 2.24) is 9.55 Å². The molecule has 19 heavy (non-hydrogen) atoms. The fourth-order valence-electron chi connectivity index (χ4n) is 1.98. The van der Waals surface area contributed by atoms with Crippen molar-refractivity contribution in [1.29, 1.82) is 0 Å². The van der Waals surface area contributed by atoms with Crippen molar-refractivity contribution in [3.8, 4) is 0 Å². The first kappa shape index (κ1) is 14.8. The van der Waals surface area contributed by atoms with Gasteiger partial charge in [-0.15, -0.1) is 6.21 Å². The second-order valence-electron chi connectivity index (χ2n) is 4.17. The van der Waals surface area contributed by atoms with Crippen LogP contribution in [0.3, 0.4) is 0 Å². The first-order valence-electron chi connectivity index (χ1n) is 5.62. The second kappa shape index (κ2) is 5.79. The maximum Gasteiger partial charge on any atom is 0.174 e. The molecule has 0 bridgehead atoms. The SMILES string of the molecule is CC1N=[C-]c2ncn([C@@H]3O[C@H](CO)C=C3F)c2N1.[Y]. The van der Waals surface area contributed by atoms with Crippen LogP contribution in [0.1, 0.15) is 18.8 Å². The van der Waals surface area contributed by atoms with Gasteiger partial charge in [-0.1, -0.05) is 0 Å². The predicted molar refractivity (Wildman–Crippen MR) is 62.0 cm³/mol. The number of fused-ring (bicyclic) bond motifs is 1. The summed E-state index contributed by atoms with van der Waals surface area (Å²) in [6.07, 6.45) is 3.86. The average Bonchev–Trinajstić information content (AvgIpc) is 2.92. The summed E-state index contributed by atoms with van der Waals surface area (Å²) < 4.78 is 20.7. The minimum absolute atomic E-state index is 0. The summed E-state index contributed by atoms with van der Waals surface area (Å²) in [5, 5.41) is 12.0. The molecule has 3 atom stereocenters. The molecule has 1 radical (unpaired) electrons. The average molecular weight is 340 g/mol. The van der Waals surface area contributed by atoms with Crippen molar-refractivity contribution in [2.45, 2.75) is 25.4 Å². The number of aromatic nitrogens is 2. The number of nitrogens with one attached hydrogen (secondary N) is 1. The molecule has 0 aliphatic carbocycles. The van der Waals surface area contributed by atoms with E-state index >= 15 is 0 Å². The van der Waals surface area contributed by atoms with E-state index in [4.69, 9.17) is 9.84 Å². The summed E-state index contributed by atoms with van der Waals surface area (Å²) in [4.78, 5) is 8.12. The van der Waals surface area contributed by atoms with Crippen LogP contribution >= 0.6 is 0 Å². The number of aliphatic hydroxyl groups excluding tert-OH is 1. The summed E-state index contributed by atoms with van der Waals surface area (Å²) in [7, 11) is 0. The van der Waals surface area contributed by atoms with Gasteiger partial charge in [0.05, 0.1) is 19.1 Å². The largest absolute Gasteiger partial charge is 0.428 e. The van der Waals surface area contributed by atoms with E-state index in [1.807, 2.05) is 6.92 Å².